The molecule has 252 valence electrons. The first-order chi connectivity index (χ1) is 24.3. The van der Waals surface area contributed by atoms with Gasteiger partial charge < -0.3 is 14.8 Å². The molecule has 8 rings (SSSR count). The zero-order valence-electron chi connectivity index (χ0n) is 28.8. The van der Waals surface area contributed by atoms with Crippen molar-refractivity contribution < 1.29 is 9.52 Å². The van der Waals surface area contributed by atoms with Crippen LogP contribution in [0.15, 0.2) is 77.5 Å². The summed E-state index contributed by atoms with van der Waals surface area (Å²) in [6.45, 7) is 11.9. The van der Waals surface area contributed by atoms with Gasteiger partial charge in [0.15, 0.2) is 11.4 Å². The summed E-state index contributed by atoms with van der Waals surface area (Å²) < 4.78 is 6.30. The van der Waals surface area contributed by atoms with Crippen molar-refractivity contribution >= 4 is 33.5 Å². The molecule has 0 radical (unpaired) electrons. The highest BCUT2D eigenvalue weighted by atomic mass is 16.3. The number of oxazole rings is 1. The maximum Gasteiger partial charge on any atom is 0.227 e. The van der Waals surface area contributed by atoms with Gasteiger partial charge in [0, 0.05) is 61.8 Å². The van der Waals surface area contributed by atoms with Crippen LogP contribution in [0.25, 0.3) is 44.6 Å². The second-order valence-electron chi connectivity index (χ2n) is 14.1. The number of β-amino-alcohol motifs (C(OH)–C–C–N with tert-alkyl or cyclic N) is 1. The van der Waals surface area contributed by atoms with Crippen LogP contribution in [-0.4, -0.2) is 62.1 Å². The van der Waals surface area contributed by atoms with Crippen molar-refractivity contribution in [3.05, 3.63) is 101 Å². The molecule has 2 N–H and O–H groups in total. The minimum absolute atomic E-state index is 0.294. The molecule has 2 aliphatic heterocycles. The smallest absolute Gasteiger partial charge is 0.227 e. The Morgan fingerprint density at radius 1 is 0.900 bits per heavy atom. The number of pyridine rings is 2. The van der Waals surface area contributed by atoms with Crippen LogP contribution in [-0.2, 0) is 13.1 Å². The first-order valence-corrected chi connectivity index (χ1v) is 17.5. The van der Waals surface area contributed by atoms with Crippen LogP contribution in [0.5, 0.6) is 0 Å². The fourth-order valence-corrected chi connectivity index (χ4v) is 7.66. The summed E-state index contributed by atoms with van der Waals surface area (Å²) >= 11 is 0. The van der Waals surface area contributed by atoms with Crippen molar-refractivity contribution in [2.75, 3.05) is 31.5 Å². The predicted molar refractivity (Wildman–Crippen MR) is 197 cm³/mol. The lowest BCUT2D eigenvalue weighted by molar-refractivity contribution is 0.175. The van der Waals surface area contributed by atoms with Crippen molar-refractivity contribution in [1.29, 1.82) is 5.26 Å². The number of anilines is 2. The predicted octanol–water partition coefficient (Wildman–Crippen LogP) is 7.75. The molecule has 9 heteroatoms. The van der Waals surface area contributed by atoms with Gasteiger partial charge in [0.05, 0.1) is 11.7 Å². The first-order valence-electron chi connectivity index (χ1n) is 17.5. The third kappa shape index (κ3) is 6.22. The number of fused-ring (bicyclic) bond motifs is 2. The van der Waals surface area contributed by atoms with Gasteiger partial charge in [-0.2, -0.15) is 5.26 Å². The van der Waals surface area contributed by atoms with Gasteiger partial charge in [0.1, 0.15) is 17.1 Å². The van der Waals surface area contributed by atoms with Gasteiger partial charge in [-0.05, 0) is 109 Å². The average molecular weight is 664 g/mol. The summed E-state index contributed by atoms with van der Waals surface area (Å²) in [6, 6.07) is 22.9. The normalized spacial score (nSPS) is 18.3. The lowest BCUT2D eigenvalue weighted by atomic mass is 9.93. The summed E-state index contributed by atoms with van der Waals surface area (Å²) in [7, 11) is 0. The van der Waals surface area contributed by atoms with E-state index < -0.39 is 0 Å². The standard InChI is InChI=1S/C41H41N7O2/c1-25-11-14-47(21-25)23-29-17-30-10-13-43-40(38(30)44-20-29)45-36-9-5-7-34(27(36)3)33-6-4-8-35(26(33)2)41-46-37-18-28(16-31(19-42)39(37)50-41)22-48-15-12-32(49)24-48/h4-10,13,16-18,20,25,32,49H,11-12,14-15,21-24H2,1-3H3,(H,43,45)/t25-,32-/m1/s1. The van der Waals surface area contributed by atoms with E-state index in [-0.39, 0.29) is 6.10 Å². The molecule has 0 bridgehead atoms. The van der Waals surface area contributed by atoms with E-state index in [1.807, 2.05) is 42.7 Å². The highest BCUT2D eigenvalue weighted by Gasteiger charge is 2.23. The first kappa shape index (κ1) is 32.1. The molecule has 3 aromatic carbocycles. The van der Waals surface area contributed by atoms with Gasteiger partial charge in [0.2, 0.25) is 5.89 Å². The van der Waals surface area contributed by atoms with Crippen LogP contribution < -0.4 is 5.32 Å². The molecule has 2 fully saturated rings. The molecule has 6 aromatic rings. The van der Waals surface area contributed by atoms with E-state index >= 15 is 0 Å². The number of aromatic nitrogens is 3. The Bertz CT molecular complexity index is 2270. The Labute approximate surface area is 292 Å². The van der Waals surface area contributed by atoms with E-state index in [9.17, 15) is 10.4 Å². The zero-order chi connectivity index (χ0) is 34.4. The molecule has 50 heavy (non-hydrogen) atoms. The number of benzene rings is 3. The molecule has 0 aliphatic carbocycles. The van der Waals surface area contributed by atoms with Crippen LogP contribution >= 0.6 is 0 Å². The molecule has 0 spiro atoms. The highest BCUT2D eigenvalue weighted by Crippen LogP contribution is 2.38. The number of aliphatic hydroxyl groups is 1. The second-order valence-corrected chi connectivity index (χ2v) is 14.1. The summed E-state index contributed by atoms with van der Waals surface area (Å²) in [5.74, 6) is 1.97. The molecule has 2 aliphatic rings. The monoisotopic (exact) mass is 663 g/mol. The quantitative estimate of drug-likeness (QED) is 0.169. The van der Waals surface area contributed by atoms with Crippen molar-refractivity contribution in [1.82, 2.24) is 24.8 Å². The van der Waals surface area contributed by atoms with Gasteiger partial charge >= 0.3 is 0 Å². The van der Waals surface area contributed by atoms with E-state index in [0.717, 1.165) is 94.3 Å². The maximum atomic E-state index is 9.98. The van der Waals surface area contributed by atoms with Gasteiger partial charge in [0.25, 0.3) is 0 Å². The van der Waals surface area contributed by atoms with E-state index in [1.54, 1.807) is 0 Å². The van der Waals surface area contributed by atoms with Crippen molar-refractivity contribution in [3.8, 4) is 28.7 Å². The Kier molecular flexibility index (Phi) is 8.53. The molecule has 2 saturated heterocycles. The molecular weight excluding hydrogens is 622 g/mol. The number of aliphatic hydroxyl groups excluding tert-OH is 1. The summed E-state index contributed by atoms with van der Waals surface area (Å²) in [5, 5.41) is 24.6. The number of nitriles is 1. The third-order valence-electron chi connectivity index (χ3n) is 10.3. The number of hydrogen-bond donors (Lipinski definition) is 2. The van der Waals surface area contributed by atoms with Crippen molar-refractivity contribution in [2.24, 2.45) is 5.92 Å². The third-order valence-corrected chi connectivity index (χ3v) is 10.3. The number of rotatable bonds is 8. The fourth-order valence-electron chi connectivity index (χ4n) is 7.66. The minimum atomic E-state index is -0.294. The average Bonchev–Trinajstić information content (AvgIpc) is 3.85. The lowest BCUT2D eigenvalue weighted by Gasteiger charge is -2.17. The highest BCUT2D eigenvalue weighted by molar-refractivity contribution is 5.91. The van der Waals surface area contributed by atoms with Gasteiger partial charge in [-0.25, -0.2) is 9.97 Å². The summed E-state index contributed by atoms with van der Waals surface area (Å²) in [6.07, 6.45) is 5.57. The SMILES string of the molecule is Cc1c(Nc2nccc3cc(CN4CC[C@@H](C)C4)cnc23)cccc1-c1cccc(-c2nc3cc(CN4CC[C@@H](O)C4)cc(C#N)c3o2)c1C. The van der Waals surface area contributed by atoms with Gasteiger partial charge in [-0.15, -0.1) is 0 Å². The van der Waals surface area contributed by atoms with E-state index in [0.29, 0.717) is 35.6 Å². The molecule has 0 unspecified atom stereocenters. The van der Waals surface area contributed by atoms with E-state index in [1.165, 1.54) is 12.0 Å². The zero-order valence-corrected chi connectivity index (χ0v) is 28.8. The second kappa shape index (κ2) is 13.3. The molecular formula is C41H41N7O2. The molecule has 3 aromatic heterocycles. The topological polar surface area (TPSA) is 114 Å². The van der Waals surface area contributed by atoms with Gasteiger partial charge in [-0.1, -0.05) is 31.2 Å². The number of nitrogens with zero attached hydrogens (tertiary/aromatic N) is 6. The molecule has 2 atom stereocenters. The Morgan fingerprint density at radius 2 is 1.66 bits per heavy atom. The number of hydrogen-bond acceptors (Lipinski definition) is 9. The van der Waals surface area contributed by atoms with Crippen molar-refractivity contribution in [2.45, 2.75) is 52.8 Å². The largest absolute Gasteiger partial charge is 0.435 e. The summed E-state index contributed by atoms with van der Waals surface area (Å²) in [5.41, 5.74) is 10.8. The molecule has 0 amide bonds. The van der Waals surface area contributed by atoms with E-state index in [2.05, 4.69) is 72.3 Å². The van der Waals surface area contributed by atoms with Crippen molar-refractivity contribution in [3.63, 3.8) is 0 Å². The Morgan fingerprint density at radius 3 is 2.44 bits per heavy atom. The van der Waals surface area contributed by atoms with Crippen LogP contribution in [0.1, 0.15) is 47.6 Å². The Hall–Kier alpha value is -5.14. The lowest BCUT2D eigenvalue weighted by Crippen LogP contribution is -2.21. The minimum Gasteiger partial charge on any atom is -0.435 e. The van der Waals surface area contributed by atoms with E-state index in [4.69, 9.17) is 19.4 Å². The van der Waals surface area contributed by atoms with Gasteiger partial charge in [-0.3, -0.25) is 14.8 Å². The Balaban J connectivity index is 1.08. The van der Waals surface area contributed by atoms with Crippen LogP contribution in [0.3, 0.4) is 0 Å². The number of likely N-dealkylation sites (tertiary alicyclic amines) is 2. The number of nitrogens with one attached hydrogen (secondary N) is 1. The maximum absolute atomic E-state index is 9.98. The summed E-state index contributed by atoms with van der Waals surface area (Å²) in [4.78, 5) is 19.2. The van der Waals surface area contributed by atoms with Crippen LogP contribution in [0.4, 0.5) is 11.5 Å². The molecule has 0 saturated carbocycles. The molecule has 9 nitrogen and oxygen atoms in total. The van der Waals surface area contributed by atoms with Crippen LogP contribution in [0.2, 0.25) is 0 Å². The molecule has 5 heterocycles. The fraction of sp³-hybridized carbons (Fsp3) is 0.317. The van der Waals surface area contributed by atoms with Crippen LogP contribution in [0, 0.1) is 31.1 Å².